The zero-order valence-electron chi connectivity index (χ0n) is 5.49. The van der Waals surface area contributed by atoms with Crippen molar-refractivity contribution in [2.75, 3.05) is 13.2 Å². The Morgan fingerprint density at radius 1 is 1.60 bits per heavy atom. The van der Waals surface area contributed by atoms with Crippen LogP contribution in [0, 0.1) is 5.92 Å². The number of rotatable bonds is 1. The molecule has 10 heavy (non-hydrogen) atoms. The zero-order chi connectivity index (χ0) is 7.56. The smallest absolute Gasteiger partial charge is 0.311 e. The van der Waals surface area contributed by atoms with Gasteiger partial charge in [0.25, 0.3) is 0 Å². The Labute approximate surface area is 58.4 Å². The van der Waals surface area contributed by atoms with Crippen LogP contribution in [-0.2, 0) is 9.53 Å². The van der Waals surface area contributed by atoms with Gasteiger partial charge in [0.1, 0.15) is 5.92 Å². The maximum absolute atomic E-state index is 10.3. The number of ether oxygens (including phenoxy) is 1. The first-order chi connectivity index (χ1) is 4.72. The molecule has 1 aliphatic rings. The van der Waals surface area contributed by atoms with Crippen LogP contribution in [0.4, 0.5) is 0 Å². The summed E-state index contributed by atoms with van der Waals surface area (Å²) in [6, 6.07) is 0. The van der Waals surface area contributed by atoms with Gasteiger partial charge in [-0.3, -0.25) is 4.79 Å². The Morgan fingerprint density at radius 3 is 2.70 bits per heavy atom. The molecule has 1 saturated heterocycles. The lowest BCUT2D eigenvalue weighted by Gasteiger charge is -2.23. The van der Waals surface area contributed by atoms with Gasteiger partial charge in [0.15, 0.2) is 0 Å². The minimum Gasteiger partial charge on any atom is -0.481 e. The molecule has 0 unspecified atom stereocenters. The zero-order valence-corrected chi connectivity index (χ0v) is 5.49. The van der Waals surface area contributed by atoms with Crippen LogP contribution in [0.2, 0.25) is 0 Å². The highest BCUT2D eigenvalue weighted by Gasteiger charge is 2.29. The minimum absolute atomic E-state index is 0.135. The van der Waals surface area contributed by atoms with Crippen LogP contribution in [0.1, 0.15) is 6.42 Å². The quantitative estimate of drug-likeness (QED) is 0.521. The van der Waals surface area contributed by atoms with Crippen molar-refractivity contribution in [2.45, 2.75) is 12.5 Å². The normalized spacial score (nSPS) is 33.7. The number of aliphatic hydroxyl groups is 1. The average Bonchev–Trinajstić information content (AvgIpc) is 1.88. The van der Waals surface area contributed by atoms with E-state index in [1.54, 1.807) is 0 Å². The van der Waals surface area contributed by atoms with Crippen LogP contribution >= 0.6 is 0 Å². The van der Waals surface area contributed by atoms with Crippen molar-refractivity contribution in [1.82, 2.24) is 0 Å². The van der Waals surface area contributed by atoms with Crippen molar-refractivity contribution in [3.05, 3.63) is 0 Å². The fourth-order valence-electron chi connectivity index (χ4n) is 0.963. The summed E-state index contributed by atoms with van der Waals surface area (Å²) in [5.74, 6) is -1.71. The second-order valence-corrected chi connectivity index (χ2v) is 2.38. The Morgan fingerprint density at radius 2 is 2.30 bits per heavy atom. The van der Waals surface area contributed by atoms with Crippen molar-refractivity contribution in [3.63, 3.8) is 0 Å². The van der Waals surface area contributed by atoms with Crippen molar-refractivity contribution in [2.24, 2.45) is 5.92 Å². The SMILES string of the molecule is O=C(O)[C@H]1COCC[C@@H]1O. The van der Waals surface area contributed by atoms with Crippen LogP contribution in [0.15, 0.2) is 0 Å². The molecule has 1 heterocycles. The van der Waals surface area contributed by atoms with Crippen molar-refractivity contribution in [3.8, 4) is 0 Å². The summed E-state index contributed by atoms with van der Waals surface area (Å²) >= 11 is 0. The molecule has 2 N–H and O–H groups in total. The van der Waals surface area contributed by atoms with E-state index in [0.29, 0.717) is 13.0 Å². The lowest BCUT2D eigenvalue weighted by molar-refractivity contribution is -0.153. The maximum Gasteiger partial charge on any atom is 0.311 e. The van der Waals surface area contributed by atoms with E-state index in [2.05, 4.69) is 0 Å². The predicted octanol–water partition coefficient (Wildman–Crippen LogP) is -0.532. The molecule has 58 valence electrons. The molecule has 4 heteroatoms. The standard InChI is InChI=1S/C6H10O4/c7-5-1-2-10-3-4(5)6(8)9/h4-5,7H,1-3H2,(H,8,9)/t4-,5-/m0/s1. The Balaban J connectivity index is 2.47. The molecule has 2 atom stereocenters. The van der Waals surface area contributed by atoms with Gasteiger partial charge in [-0.15, -0.1) is 0 Å². The Bertz CT molecular complexity index is 134. The molecule has 0 radical (unpaired) electrons. The summed E-state index contributed by atoms with van der Waals surface area (Å²) in [6.45, 7) is 0.599. The predicted molar refractivity (Wildman–Crippen MR) is 32.6 cm³/mol. The van der Waals surface area contributed by atoms with E-state index in [1.807, 2.05) is 0 Å². The number of hydrogen-bond acceptors (Lipinski definition) is 3. The third-order valence-corrected chi connectivity index (χ3v) is 1.64. The first-order valence-corrected chi connectivity index (χ1v) is 3.20. The molecule has 0 amide bonds. The van der Waals surface area contributed by atoms with Crippen LogP contribution in [0.5, 0.6) is 0 Å². The number of carboxylic acids is 1. The van der Waals surface area contributed by atoms with Gasteiger partial charge in [-0.1, -0.05) is 0 Å². The maximum atomic E-state index is 10.3. The fraction of sp³-hybridized carbons (Fsp3) is 0.833. The number of aliphatic hydroxyl groups excluding tert-OH is 1. The molecule has 1 rings (SSSR count). The molecule has 1 aliphatic heterocycles. The highest BCUT2D eigenvalue weighted by atomic mass is 16.5. The lowest BCUT2D eigenvalue weighted by Crippen LogP contribution is -2.37. The van der Waals surface area contributed by atoms with E-state index in [0.717, 1.165) is 0 Å². The van der Waals surface area contributed by atoms with Crippen LogP contribution in [-0.4, -0.2) is 35.5 Å². The Hall–Kier alpha value is -0.610. The van der Waals surface area contributed by atoms with Crippen LogP contribution < -0.4 is 0 Å². The third kappa shape index (κ3) is 1.46. The van der Waals surface area contributed by atoms with Crippen molar-refractivity contribution < 1.29 is 19.7 Å². The molecule has 0 aliphatic carbocycles. The van der Waals surface area contributed by atoms with E-state index in [9.17, 15) is 4.79 Å². The molecular weight excluding hydrogens is 136 g/mol. The van der Waals surface area contributed by atoms with E-state index in [1.165, 1.54) is 0 Å². The first kappa shape index (κ1) is 7.50. The number of hydrogen-bond donors (Lipinski definition) is 2. The second-order valence-electron chi connectivity index (χ2n) is 2.38. The second kappa shape index (κ2) is 2.98. The van der Waals surface area contributed by atoms with Gasteiger partial charge in [0, 0.05) is 6.61 Å². The molecule has 0 aromatic rings. The molecule has 0 aromatic carbocycles. The van der Waals surface area contributed by atoms with Gasteiger partial charge in [-0.05, 0) is 6.42 Å². The highest BCUT2D eigenvalue weighted by Crippen LogP contribution is 2.13. The molecular formula is C6H10O4. The van der Waals surface area contributed by atoms with Gasteiger partial charge in [0.05, 0.1) is 12.7 Å². The van der Waals surface area contributed by atoms with Crippen molar-refractivity contribution >= 4 is 5.97 Å². The molecule has 0 spiro atoms. The van der Waals surface area contributed by atoms with E-state index in [-0.39, 0.29) is 6.61 Å². The fourth-order valence-corrected chi connectivity index (χ4v) is 0.963. The summed E-state index contributed by atoms with van der Waals surface area (Å²) in [7, 11) is 0. The van der Waals surface area contributed by atoms with Gasteiger partial charge in [-0.25, -0.2) is 0 Å². The van der Waals surface area contributed by atoms with Gasteiger partial charge >= 0.3 is 5.97 Å². The summed E-state index contributed by atoms with van der Waals surface area (Å²) in [5.41, 5.74) is 0. The molecule has 4 nitrogen and oxygen atoms in total. The van der Waals surface area contributed by atoms with Crippen molar-refractivity contribution in [1.29, 1.82) is 0 Å². The van der Waals surface area contributed by atoms with E-state index in [4.69, 9.17) is 14.9 Å². The third-order valence-electron chi connectivity index (χ3n) is 1.64. The number of carboxylic acid groups (broad SMARTS) is 1. The van der Waals surface area contributed by atoms with Gasteiger partial charge < -0.3 is 14.9 Å². The lowest BCUT2D eigenvalue weighted by atomic mass is 9.99. The van der Waals surface area contributed by atoms with Gasteiger partial charge in [-0.2, -0.15) is 0 Å². The van der Waals surface area contributed by atoms with E-state index < -0.39 is 18.0 Å². The highest BCUT2D eigenvalue weighted by molar-refractivity contribution is 5.70. The van der Waals surface area contributed by atoms with Crippen LogP contribution in [0.25, 0.3) is 0 Å². The molecule has 0 aromatic heterocycles. The average molecular weight is 146 g/mol. The Kier molecular flexibility index (Phi) is 2.24. The largest absolute Gasteiger partial charge is 0.481 e. The molecule has 1 fully saturated rings. The summed E-state index contributed by atoms with van der Waals surface area (Å²) in [5, 5.41) is 17.5. The summed E-state index contributed by atoms with van der Waals surface area (Å²) < 4.78 is 4.87. The number of carbonyl (C=O) groups is 1. The monoisotopic (exact) mass is 146 g/mol. The summed E-state index contributed by atoms with van der Waals surface area (Å²) in [4.78, 5) is 10.3. The molecule has 0 bridgehead atoms. The topological polar surface area (TPSA) is 66.8 Å². The first-order valence-electron chi connectivity index (χ1n) is 3.20. The summed E-state index contributed by atoms with van der Waals surface area (Å²) in [6.07, 6.45) is -0.303. The van der Waals surface area contributed by atoms with E-state index >= 15 is 0 Å². The van der Waals surface area contributed by atoms with Crippen LogP contribution in [0.3, 0.4) is 0 Å². The minimum atomic E-state index is -0.979. The number of aliphatic carboxylic acids is 1. The van der Waals surface area contributed by atoms with Gasteiger partial charge in [0.2, 0.25) is 0 Å². The molecule has 0 saturated carbocycles.